The van der Waals surface area contributed by atoms with Crippen LogP contribution in [0.3, 0.4) is 0 Å². The second kappa shape index (κ2) is 9.21. The molecule has 0 saturated carbocycles. The molecule has 2 unspecified atom stereocenters. The molecule has 0 amide bonds. The number of ether oxygens (including phenoxy) is 2. The van der Waals surface area contributed by atoms with E-state index in [1.165, 1.54) is 38.1 Å². The van der Waals surface area contributed by atoms with Gasteiger partial charge in [0, 0.05) is 23.9 Å². The summed E-state index contributed by atoms with van der Waals surface area (Å²) in [5.41, 5.74) is 3.06. The van der Waals surface area contributed by atoms with Crippen molar-refractivity contribution in [1.82, 2.24) is 4.90 Å². The van der Waals surface area contributed by atoms with Gasteiger partial charge in [-0.15, -0.1) is 0 Å². The molecular weight excluding hydrogens is 405 g/mol. The molecule has 4 nitrogen and oxygen atoms in total. The molecule has 0 bridgehead atoms. The molecule has 5 rings (SSSR count). The van der Waals surface area contributed by atoms with Gasteiger partial charge < -0.3 is 14.6 Å². The Bertz CT molecular complexity index is 1050. The molecule has 2 aliphatic heterocycles. The molecule has 5 heteroatoms. The van der Waals surface area contributed by atoms with Crippen molar-refractivity contribution < 1.29 is 19.0 Å². The zero-order valence-corrected chi connectivity index (χ0v) is 18.0. The zero-order chi connectivity index (χ0) is 21.9. The zero-order valence-electron chi connectivity index (χ0n) is 18.0. The van der Waals surface area contributed by atoms with Crippen LogP contribution in [0.15, 0.2) is 66.7 Å². The normalized spacial score (nSPS) is 20.5. The van der Waals surface area contributed by atoms with Gasteiger partial charge in [-0.3, -0.25) is 4.90 Å². The first kappa shape index (κ1) is 20.8. The van der Waals surface area contributed by atoms with Crippen LogP contribution in [0.2, 0.25) is 0 Å². The summed E-state index contributed by atoms with van der Waals surface area (Å²) in [5, 5.41) is 10.1. The Labute approximate surface area is 188 Å². The Morgan fingerprint density at radius 1 is 0.938 bits per heavy atom. The fourth-order valence-corrected chi connectivity index (χ4v) is 4.88. The summed E-state index contributed by atoms with van der Waals surface area (Å²) < 4.78 is 25.5. The fourth-order valence-electron chi connectivity index (χ4n) is 4.88. The maximum atomic E-state index is 13.5. The van der Waals surface area contributed by atoms with Gasteiger partial charge in [0.25, 0.3) is 0 Å². The van der Waals surface area contributed by atoms with Gasteiger partial charge in [0.05, 0.1) is 6.61 Å². The van der Waals surface area contributed by atoms with Crippen molar-refractivity contribution in [3.63, 3.8) is 0 Å². The predicted molar refractivity (Wildman–Crippen MR) is 122 cm³/mol. The summed E-state index contributed by atoms with van der Waals surface area (Å²) in [6.45, 7) is 4.47. The van der Waals surface area contributed by atoms with E-state index in [1.807, 2.05) is 30.3 Å². The SMILES string of the molecule is Oc1ccc2c(c1)C(c1ccc(OCCN3CCCC3)cc1)C(c1ccc(F)cc1)CO2. The predicted octanol–water partition coefficient (Wildman–Crippen LogP) is 5.31. The molecule has 166 valence electrons. The number of nitrogens with zero attached hydrogens (tertiary/aromatic N) is 1. The van der Waals surface area contributed by atoms with Crippen molar-refractivity contribution in [3.05, 3.63) is 89.2 Å². The highest BCUT2D eigenvalue weighted by molar-refractivity contribution is 5.51. The third-order valence-corrected chi connectivity index (χ3v) is 6.56. The number of phenols is 1. The topological polar surface area (TPSA) is 41.9 Å². The summed E-state index contributed by atoms with van der Waals surface area (Å²) in [5.74, 6) is 1.57. The van der Waals surface area contributed by atoms with Crippen LogP contribution in [-0.2, 0) is 0 Å². The molecule has 0 aliphatic carbocycles. The van der Waals surface area contributed by atoms with Crippen molar-refractivity contribution in [1.29, 1.82) is 0 Å². The monoisotopic (exact) mass is 433 g/mol. The molecule has 1 fully saturated rings. The number of phenolic OH excluding ortho intramolecular Hbond substituents is 1. The molecule has 2 aliphatic rings. The van der Waals surface area contributed by atoms with Crippen molar-refractivity contribution >= 4 is 0 Å². The van der Waals surface area contributed by atoms with Crippen LogP contribution in [-0.4, -0.2) is 42.9 Å². The number of rotatable bonds is 6. The van der Waals surface area contributed by atoms with Gasteiger partial charge in [-0.05, 0) is 79.5 Å². The molecule has 0 radical (unpaired) electrons. The number of aromatic hydroxyl groups is 1. The second-order valence-corrected chi connectivity index (χ2v) is 8.64. The first-order valence-corrected chi connectivity index (χ1v) is 11.3. The molecule has 2 atom stereocenters. The van der Waals surface area contributed by atoms with E-state index in [9.17, 15) is 9.50 Å². The summed E-state index contributed by atoms with van der Waals surface area (Å²) >= 11 is 0. The maximum absolute atomic E-state index is 13.5. The van der Waals surface area contributed by atoms with Gasteiger partial charge in [0.15, 0.2) is 0 Å². The van der Waals surface area contributed by atoms with Crippen LogP contribution in [0.25, 0.3) is 0 Å². The van der Waals surface area contributed by atoms with Crippen molar-refractivity contribution in [3.8, 4) is 17.2 Å². The lowest BCUT2D eigenvalue weighted by Crippen LogP contribution is -2.25. The molecule has 32 heavy (non-hydrogen) atoms. The minimum atomic E-state index is -0.254. The lowest BCUT2D eigenvalue weighted by atomic mass is 9.76. The highest BCUT2D eigenvalue weighted by atomic mass is 19.1. The van der Waals surface area contributed by atoms with Crippen molar-refractivity contribution in [2.45, 2.75) is 24.7 Å². The molecule has 0 aromatic heterocycles. The van der Waals surface area contributed by atoms with Crippen LogP contribution in [0, 0.1) is 5.82 Å². The van der Waals surface area contributed by atoms with Gasteiger partial charge in [-0.1, -0.05) is 24.3 Å². The summed E-state index contributed by atoms with van der Waals surface area (Å²) in [6.07, 6.45) is 2.57. The average molecular weight is 434 g/mol. The van der Waals surface area contributed by atoms with E-state index in [0.29, 0.717) is 13.2 Å². The van der Waals surface area contributed by atoms with Crippen LogP contribution in [0.1, 0.15) is 41.4 Å². The molecule has 3 aromatic rings. The van der Waals surface area contributed by atoms with E-state index in [4.69, 9.17) is 9.47 Å². The molecular formula is C27H28FNO3. The quantitative estimate of drug-likeness (QED) is 0.572. The third kappa shape index (κ3) is 4.44. The molecule has 1 N–H and O–H groups in total. The van der Waals surface area contributed by atoms with Crippen molar-refractivity contribution in [2.75, 3.05) is 32.8 Å². The Hall–Kier alpha value is -3.05. The van der Waals surface area contributed by atoms with E-state index >= 15 is 0 Å². The Morgan fingerprint density at radius 3 is 2.41 bits per heavy atom. The Balaban J connectivity index is 1.40. The van der Waals surface area contributed by atoms with Crippen molar-refractivity contribution in [2.24, 2.45) is 0 Å². The number of halogens is 1. The van der Waals surface area contributed by atoms with Gasteiger partial charge in [-0.25, -0.2) is 4.39 Å². The molecule has 1 saturated heterocycles. The summed E-state index contributed by atoms with van der Waals surface area (Å²) in [7, 11) is 0. The largest absolute Gasteiger partial charge is 0.508 e. The lowest BCUT2D eigenvalue weighted by Gasteiger charge is -2.34. The molecule has 0 spiro atoms. The van der Waals surface area contributed by atoms with E-state index in [2.05, 4.69) is 17.0 Å². The highest BCUT2D eigenvalue weighted by Crippen LogP contribution is 2.47. The minimum Gasteiger partial charge on any atom is -0.508 e. The van der Waals surface area contributed by atoms with Gasteiger partial charge in [0.1, 0.15) is 29.7 Å². The van der Waals surface area contributed by atoms with E-state index in [-0.39, 0.29) is 23.4 Å². The standard InChI is InChI=1S/C27H28FNO3/c28-21-7-3-19(4-8-21)25-18-32-26-12-9-22(30)17-24(26)27(25)20-5-10-23(11-6-20)31-16-15-29-13-1-2-14-29/h3-12,17,25,27,30H,1-2,13-16,18H2. The number of benzene rings is 3. The average Bonchev–Trinajstić information content (AvgIpc) is 3.33. The molecule has 3 aromatic carbocycles. The fraction of sp³-hybridized carbons (Fsp3) is 0.333. The smallest absolute Gasteiger partial charge is 0.123 e. The van der Waals surface area contributed by atoms with Gasteiger partial charge >= 0.3 is 0 Å². The second-order valence-electron chi connectivity index (χ2n) is 8.64. The van der Waals surface area contributed by atoms with Crippen LogP contribution >= 0.6 is 0 Å². The van der Waals surface area contributed by atoms with Gasteiger partial charge in [0.2, 0.25) is 0 Å². The third-order valence-electron chi connectivity index (χ3n) is 6.56. The van der Waals surface area contributed by atoms with E-state index < -0.39 is 0 Å². The van der Waals surface area contributed by atoms with Crippen LogP contribution in [0.5, 0.6) is 17.2 Å². The minimum absolute atomic E-state index is 0.00633. The number of likely N-dealkylation sites (tertiary alicyclic amines) is 1. The van der Waals surface area contributed by atoms with E-state index in [1.54, 1.807) is 12.1 Å². The Morgan fingerprint density at radius 2 is 1.66 bits per heavy atom. The van der Waals surface area contributed by atoms with Crippen LogP contribution in [0.4, 0.5) is 4.39 Å². The first-order chi connectivity index (χ1) is 15.7. The van der Waals surface area contributed by atoms with Gasteiger partial charge in [-0.2, -0.15) is 0 Å². The number of hydrogen-bond acceptors (Lipinski definition) is 4. The Kier molecular flexibility index (Phi) is 5.99. The molecule has 2 heterocycles. The summed E-state index contributed by atoms with van der Waals surface area (Å²) in [4.78, 5) is 2.44. The maximum Gasteiger partial charge on any atom is 0.123 e. The van der Waals surface area contributed by atoms with Crippen LogP contribution < -0.4 is 9.47 Å². The first-order valence-electron chi connectivity index (χ1n) is 11.3. The number of hydrogen-bond donors (Lipinski definition) is 1. The number of fused-ring (bicyclic) bond motifs is 1. The summed E-state index contributed by atoms with van der Waals surface area (Å²) in [6, 6.07) is 20.0. The lowest BCUT2D eigenvalue weighted by molar-refractivity contribution is 0.237. The van der Waals surface area contributed by atoms with E-state index in [0.717, 1.165) is 34.7 Å². The highest BCUT2D eigenvalue weighted by Gasteiger charge is 2.33.